The van der Waals surface area contributed by atoms with Gasteiger partial charge < -0.3 is 5.32 Å². The average Bonchev–Trinajstić information content (AvgIpc) is 3.11. The number of aromatic nitrogens is 4. The van der Waals surface area contributed by atoms with E-state index in [4.69, 9.17) is 11.6 Å². The number of carbonyl (C=O) groups is 1. The predicted molar refractivity (Wildman–Crippen MR) is 99.4 cm³/mol. The van der Waals surface area contributed by atoms with Gasteiger partial charge in [0.15, 0.2) is 5.65 Å². The van der Waals surface area contributed by atoms with E-state index < -0.39 is 0 Å². The van der Waals surface area contributed by atoms with Crippen molar-refractivity contribution in [2.75, 3.05) is 5.32 Å². The molecule has 7 heteroatoms. The smallest absolute Gasteiger partial charge is 0.257 e. The van der Waals surface area contributed by atoms with Crippen LogP contribution in [-0.2, 0) is 6.42 Å². The van der Waals surface area contributed by atoms with Crippen molar-refractivity contribution in [1.29, 1.82) is 0 Å². The third kappa shape index (κ3) is 3.55. The first-order valence-electron chi connectivity index (χ1n) is 7.97. The quantitative estimate of drug-likeness (QED) is 0.601. The largest absolute Gasteiger partial charge is 0.307 e. The maximum Gasteiger partial charge on any atom is 0.257 e. The van der Waals surface area contributed by atoms with Gasteiger partial charge in [-0.2, -0.15) is 0 Å². The number of carbonyl (C=O) groups excluding carboxylic acids is 1. The first-order chi connectivity index (χ1) is 12.7. The van der Waals surface area contributed by atoms with Gasteiger partial charge in [-0.15, -0.1) is 10.2 Å². The Labute approximate surface area is 154 Å². The van der Waals surface area contributed by atoms with Crippen molar-refractivity contribution >= 4 is 29.0 Å². The van der Waals surface area contributed by atoms with Crippen molar-refractivity contribution in [2.45, 2.75) is 6.42 Å². The molecule has 0 aliphatic heterocycles. The summed E-state index contributed by atoms with van der Waals surface area (Å²) in [7, 11) is 0. The van der Waals surface area contributed by atoms with Gasteiger partial charge in [0.05, 0.1) is 0 Å². The Balaban J connectivity index is 1.45. The molecule has 0 unspecified atom stereocenters. The second-order valence-corrected chi connectivity index (χ2v) is 6.26. The molecule has 1 N–H and O–H groups in total. The molecule has 1 amide bonds. The first-order valence-corrected chi connectivity index (χ1v) is 8.35. The number of pyridine rings is 2. The van der Waals surface area contributed by atoms with Gasteiger partial charge in [-0.25, -0.2) is 4.98 Å². The summed E-state index contributed by atoms with van der Waals surface area (Å²) in [5.74, 6) is 0.247. The highest BCUT2D eigenvalue weighted by molar-refractivity contribution is 6.30. The topological polar surface area (TPSA) is 72.2 Å². The molecule has 0 aliphatic carbocycles. The van der Waals surface area contributed by atoms with Crippen molar-refractivity contribution in [3.8, 4) is 0 Å². The number of nitrogens with zero attached hydrogens (tertiary/aromatic N) is 4. The zero-order valence-electron chi connectivity index (χ0n) is 13.6. The summed E-state index contributed by atoms with van der Waals surface area (Å²) < 4.78 is 1.74. The summed E-state index contributed by atoms with van der Waals surface area (Å²) in [5, 5.41) is 11.2. The van der Waals surface area contributed by atoms with Crippen LogP contribution in [0.4, 0.5) is 5.82 Å². The molecule has 3 heterocycles. The van der Waals surface area contributed by atoms with Crippen molar-refractivity contribution in [2.24, 2.45) is 0 Å². The van der Waals surface area contributed by atoms with Crippen molar-refractivity contribution in [1.82, 2.24) is 19.6 Å². The number of hydrogen-bond acceptors (Lipinski definition) is 4. The van der Waals surface area contributed by atoms with Crippen LogP contribution in [0, 0.1) is 0 Å². The van der Waals surface area contributed by atoms with E-state index >= 15 is 0 Å². The summed E-state index contributed by atoms with van der Waals surface area (Å²) in [6, 6.07) is 14.8. The molecule has 26 heavy (non-hydrogen) atoms. The minimum Gasteiger partial charge on any atom is -0.307 e. The second-order valence-electron chi connectivity index (χ2n) is 5.82. The highest BCUT2D eigenvalue weighted by atomic mass is 35.5. The fourth-order valence-electron chi connectivity index (χ4n) is 2.63. The van der Waals surface area contributed by atoms with E-state index in [0.29, 0.717) is 22.1 Å². The molecule has 0 fully saturated rings. The molecule has 6 nitrogen and oxygen atoms in total. The lowest BCUT2D eigenvalue weighted by Gasteiger charge is -2.06. The number of rotatable bonds is 4. The predicted octanol–water partition coefficient (Wildman–Crippen LogP) is 3.62. The van der Waals surface area contributed by atoms with E-state index in [-0.39, 0.29) is 5.91 Å². The number of hydrogen-bond donors (Lipinski definition) is 1. The van der Waals surface area contributed by atoms with E-state index in [2.05, 4.69) is 20.5 Å². The molecule has 0 aliphatic rings. The van der Waals surface area contributed by atoms with Crippen LogP contribution in [0.5, 0.6) is 0 Å². The number of halogens is 1. The van der Waals surface area contributed by atoms with Crippen molar-refractivity contribution in [3.05, 3.63) is 89.0 Å². The zero-order valence-corrected chi connectivity index (χ0v) is 14.4. The molecule has 3 aromatic heterocycles. The molecule has 0 spiro atoms. The third-order valence-corrected chi connectivity index (χ3v) is 4.16. The molecule has 0 radical (unpaired) electrons. The lowest BCUT2D eigenvalue weighted by atomic mass is 10.1. The van der Waals surface area contributed by atoms with E-state index in [1.165, 1.54) is 0 Å². The van der Waals surface area contributed by atoms with Crippen LogP contribution in [0.3, 0.4) is 0 Å². The van der Waals surface area contributed by atoms with Gasteiger partial charge in [0.1, 0.15) is 12.1 Å². The summed E-state index contributed by atoms with van der Waals surface area (Å²) in [6.45, 7) is 0. The van der Waals surface area contributed by atoms with Gasteiger partial charge >= 0.3 is 0 Å². The Morgan fingerprint density at radius 1 is 1.12 bits per heavy atom. The molecule has 0 bridgehead atoms. The molecule has 128 valence electrons. The van der Waals surface area contributed by atoms with Gasteiger partial charge in [0.2, 0.25) is 0 Å². The molecule has 0 saturated carbocycles. The van der Waals surface area contributed by atoms with Crippen LogP contribution >= 0.6 is 11.6 Å². The maximum atomic E-state index is 12.4. The molecular formula is C19H14ClN5O. The number of amides is 1. The van der Waals surface area contributed by atoms with Crippen LogP contribution in [0.2, 0.25) is 5.02 Å². The normalized spacial score (nSPS) is 10.8. The van der Waals surface area contributed by atoms with Crippen LogP contribution in [-0.4, -0.2) is 25.5 Å². The van der Waals surface area contributed by atoms with E-state index in [1.807, 2.05) is 30.3 Å². The van der Waals surface area contributed by atoms with E-state index in [9.17, 15) is 4.79 Å². The number of nitrogens with one attached hydrogen (secondary N) is 1. The lowest BCUT2D eigenvalue weighted by molar-refractivity contribution is 0.102. The average molecular weight is 364 g/mol. The molecule has 0 atom stereocenters. The van der Waals surface area contributed by atoms with E-state index in [0.717, 1.165) is 17.5 Å². The van der Waals surface area contributed by atoms with Crippen LogP contribution < -0.4 is 5.32 Å². The van der Waals surface area contributed by atoms with Gasteiger partial charge in [-0.1, -0.05) is 29.8 Å². The van der Waals surface area contributed by atoms with Crippen LogP contribution in [0.25, 0.3) is 5.65 Å². The first kappa shape index (κ1) is 16.2. The number of benzene rings is 1. The van der Waals surface area contributed by atoms with Gasteiger partial charge in [-0.05, 0) is 47.9 Å². The third-order valence-electron chi connectivity index (χ3n) is 3.93. The van der Waals surface area contributed by atoms with Crippen molar-refractivity contribution in [3.63, 3.8) is 0 Å². The fourth-order valence-corrected chi connectivity index (χ4v) is 2.85. The fraction of sp³-hybridized carbons (Fsp3) is 0.0526. The SMILES string of the molecule is O=C(Nc1ccc(Cc2cccc(Cl)c2)cn1)c1ccn2cnnc2c1. The van der Waals surface area contributed by atoms with Gasteiger partial charge in [0, 0.05) is 23.0 Å². The van der Waals surface area contributed by atoms with Crippen molar-refractivity contribution < 1.29 is 4.79 Å². The Kier molecular flexibility index (Phi) is 4.33. The minimum atomic E-state index is -0.245. The van der Waals surface area contributed by atoms with Gasteiger partial charge in [-0.3, -0.25) is 9.20 Å². The number of fused-ring (bicyclic) bond motifs is 1. The maximum absolute atomic E-state index is 12.4. The highest BCUT2D eigenvalue weighted by Crippen LogP contribution is 2.16. The summed E-state index contributed by atoms with van der Waals surface area (Å²) in [5.41, 5.74) is 3.26. The highest BCUT2D eigenvalue weighted by Gasteiger charge is 2.09. The molecule has 4 aromatic rings. The monoisotopic (exact) mass is 363 g/mol. The Hall–Kier alpha value is -3.25. The molecule has 4 rings (SSSR count). The number of anilines is 1. The van der Waals surface area contributed by atoms with E-state index in [1.54, 1.807) is 41.3 Å². The molecule has 0 saturated heterocycles. The summed E-state index contributed by atoms with van der Waals surface area (Å²) >= 11 is 6.01. The standard InChI is InChI=1S/C19H14ClN5O/c20-16-3-1-2-13(9-16)8-14-4-5-17(21-11-14)23-19(26)15-6-7-25-12-22-24-18(25)10-15/h1-7,9-12H,8H2,(H,21,23,26). The Bertz CT molecular complexity index is 1070. The lowest BCUT2D eigenvalue weighted by Crippen LogP contribution is -2.13. The second kappa shape index (κ2) is 6.93. The zero-order chi connectivity index (χ0) is 17.9. The van der Waals surface area contributed by atoms with Gasteiger partial charge in [0.25, 0.3) is 5.91 Å². The molecular weight excluding hydrogens is 350 g/mol. The Morgan fingerprint density at radius 2 is 2.04 bits per heavy atom. The van der Waals surface area contributed by atoms with Crippen LogP contribution in [0.15, 0.2) is 67.3 Å². The molecule has 1 aromatic carbocycles. The summed E-state index contributed by atoms with van der Waals surface area (Å²) in [6.07, 6.45) is 5.80. The minimum absolute atomic E-state index is 0.245. The van der Waals surface area contributed by atoms with Crippen LogP contribution in [0.1, 0.15) is 21.5 Å². The summed E-state index contributed by atoms with van der Waals surface area (Å²) in [4.78, 5) is 16.7. The Morgan fingerprint density at radius 3 is 2.85 bits per heavy atom.